The molecule has 0 spiro atoms. The molecule has 2 amide bonds. The molecule has 16 rings (SSSR count). The fraction of sp³-hybridized carbons (Fsp3) is 0.398. The van der Waals surface area contributed by atoms with Crippen LogP contribution in [0.4, 0.5) is 47.3 Å². The van der Waals surface area contributed by atoms with Crippen LogP contribution in [0, 0.1) is 0 Å². The third kappa shape index (κ3) is 22.4. The number of nitrogens with zero attached hydrogens (tertiary/aromatic N) is 12. The molecule has 6 aliphatic rings. The molecule has 0 aliphatic carbocycles. The van der Waals surface area contributed by atoms with Crippen LogP contribution in [-0.2, 0) is 41.7 Å². The highest BCUT2D eigenvalue weighted by Crippen LogP contribution is 2.38. The zero-order valence-corrected chi connectivity index (χ0v) is 71.6. The largest absolute Gasteiger partial charge is 0.496 e. The van der Waals surface area contributed by atoms with Crippen LogP contribution in [0.1, 0.15) is 55.2 Å². The molecule has 2 aromatic heterocycles. The molecule has 0 unspecified atom stereocenters. The number of amides is 2. The number of rotatable bonds is 24. The second-order valence-corrected chi connectivity index (χ2v) is 32.4. The molecule has 0 N–H and O–H groups in total. The van der Waals surface area contributed by atoms with Crippen molar-refractivity contribution >= 4 is 107 Å². The maximum absolute atomic E-state index is 13.0. The number of carbonyl (C=O) groups is 2. The number of carbonyl (C=O) groups excluding carboxylic acids is 2. The third-order valence-electron chi connectivity index (χ3n) is 23.5. The van der Waals surface area contributed by atoms with Crippen LogP contribution in [0.5, 0.6) is 23.0 Å². The first-order chi connectivity index (χ1) is 57.8. The molecule has 4 saturated heterocycles. The van der Waals surface area contributed by atoms with Crippen LogP contribution in [-0.4, -0.2) is 213 Å². The number of hydrogen-bond donors (Lipinski definition) is 0. The smallest absolute Gasteiger partial charge is 0.416 e. The Morgan fingerprint density at radius 1 is 0.353 bits per heavy atom. The first kappa shape index (κ1) is 87.0. The number of halogens is 6. The molecule has 8 aromatic carbocycles. The molecular weight excluding hydrogens is 1620 g/mol. The van der Waals surface area contributed by atoms with Crippen LogP contribution in [0.15, 0.2) is 208 Å². The standard InChI is InChI=1S/C24H26F3N3O2.C23H26BrN3O2.2C23H28ClN3O2/c1-32-22-8-3-7-21-20(22)9-10-23(31)30(21)12-4-11-28-13-15-29(16-14-28)19-6-2-5-18(17-19)24(25,26)27;1-29-22-8-3-7-21-20(22)9-10-23(28)27(21)12-4-11-25-13-15-26(16-14-25)19-6-2-5-18(24)17-19;1-29-22-5-2-4-21-20(22)10-11-23(28)27(21)13-3-12-25-14-16-26(17-15-25)19-8-6-18(24)7-9-19;1-29-22-9-4-8-20-18(22)10-11-23(28)27(20)13-5-12-25-14-16-26(17-15-25)21-7-3-2-6-19(21)24/h2-3,5-10,17H,4,11-16H2,1H3;2-3,5-10,17H,4,11-16H2,1H3;2,4-9H,3,10-17H2,1H3;2-4,6-9H,5,10-17H2,1H3. The summed E-state index contributed by atoms with van der Waals surface area (Å²) < 4.78 is 65.6. The fourth-order valence-electron chi connectivity index (χ4n) is 17.0. The van der Waals surface area contributed by atoms with Crippen molar-refractivity contribution in [3.8, 4) is 23.0 Å². The van der Waals surface area contributed by atoms with E-state index in [9.17, 15) is 32.3 Å². The molecule has 20 nitrogen and oxygen atoms in total. The number of fused-ring (bicyclic) bond motifs is 4. The Morgan fingerprint density at radius 3 is 1.16 bits per heavy atom. The first-order valence-corrected chi connectivity index (χ1v) is 43.0. The van der Waals surface area contributed by atoms with Crippen molar-refractivity contribution in [2.75, 3.05) is 202 Å². The Hall–Kier alpha value is -9.79. The molecule has 10 aromatic rings. The Bertz CT molecular complexity index is 5170. The van der Waals surface area contributed by atoms with Gasteiger partial charge in [-0.25, -0.2) is 0 Å². The number of methoxy groups -OCH3 is 4. The highest BCUT2D eigenvalue weighted by molar-refractivity contribution is 9.10. The van der Waals surface area contributed by atoms with Crippen molar-refractivity contribution in [2.24, 2.45) is 0 Å². The quantitative estimate of drug-likeness (QED) is 0.0564. The monoisotopic (exact) mass is 1730 g/mol. The van der Waals surface area contributed by atoms with Crippen LogP contribution in [0.25, 0.3) is 21.8 Å². The number of pyridine rings is 2. The van der Waals surface area contributed by atoms with E-state index in [2.05, 4.69) is 92.7 Å². The van der Waals surface area contributed by atoms with Gasteiger partial charge >= 0.3 is 6.18 Å². The molecule has 630 valence electrons. The summed E-state index contributed by atoms with van der Waals surface area (Å²) in [6.07, 6.45) is 2.02. The summed E-state index contributed by atoms with van der Waals surface area (Å²) in [5, 5.41) is 3.49. The highest BCUT2D eigenvalue weighted by Gasteiger charge is 2.33. The van der Waals surface area contributed by atoms with Gasteiger partial charge in [0.15, 0.2) is 0 Å². The normalized spacial score (nSPS) is 16.3. The summed E-state index contributed by atoms with van der Waals surface area (Å²) in [4.78, 5) is 72.8. The van der Waals surface area contributed by atoms with Gasteiger partial charge in [0.05, 0.1) is 67.1 Å². The van der Waals surface area contributed by atoms with E-state index < -0.39 is 11.7 Å². The van der Waals surface area contributed by atoms with Gasteiger partial charge in [0.2, 0.25) is 11.8 Å². The second kappa shape index (κ2) is 41.9. The second-order valence-electron chi connectivity index (χ2n) is 30.6. The van der Waals surface area contributed by atoms with Crippen molar-refractivity contribution in [3.05, 3.63) is 246 Å². The molecule has 8 heterocycles. The molecule has 26 heteroatoms. The van der Waals surface area contributed by atoms with Gasteiger partial charge in [-0.3, -0.25) is 38.8 Å². The van der Waals surface area contributed by atoms with Crippen LogP contribution >= 0.6 is 39.1 Å². The van der Waals surface area contributed by atoms with Crippen LogP contribution in [0.2, 0.25) is 10.0 Å². The van der Waals surface area contributed by atoms with Gasteiger partial charge < -0.3 is 57.5 Å². The summed E-state index contributed by atoms with van der Waals surface area (Å²) in [5.74, 6) is 3.75. The molecule has 4 fully saturated rings. The predicted octanol–water partition coefficient (Wildman–Crippen LogP) is 15.9. The van der Waals surface area contributed by atoms with Crippen molar-refractivity contribution < 1.29 is 41.7 Å². The molecule has 119 heavy (non-hydrogen) atoms. The zero-order chi connectivity index (χ0) is 83.4. The number of piperazine rings is 4. The first-order valence-electron chi connectivity index (χ1n) is 41.4. The van der Waals surface area contributed by atoms with E-state index >= 15 is 0 Å². The molecule has 0 radical (unpaired) electrons. The van der Waals surface area contributed by atoms with E-state index in [4.69, 9.17) is 42.1 Å². The summed E-state index contributed by atoms with van der Waals surface area (Å²) in [7, 11) is 6.67. The van der Waals surface area contributed by atoms with E-state index in [0.717, 1.165) is 270 Å². The molecule has 6 aliphatic heterocycles. The minimum absolute atomic E-state index is 0.0416. The van der Waals surface area contributed by atoms with E-state index in [0.29, 0.717) is 38.2 Å². The summed E-state index contributed by atoms with van der Waals surface area (Å²) in [6.45, 7) is 21.8. The van der Waals surface area contributed by atoms with Crippen molar-refractivity contribution in [2.45, 2.75) is 70.6 Å². The van der Waals surface area contributed by atoms with Crippen molar-refractivity contribution in [3.63, 3.8) is 0 Å². The molecule has 0 atom stereocenters. The SMILES string of the molecule is COc1cccc2c1CCC(=O)N2CCCN1CCN(c2ccc(Cl)cc2)CC1.COc1cccc2c1CCC(=O)N2CCCN1CCN(c2ccccc2Cl)CC1.COc1cccc2c1ccc(=O)n2CCCN1CCN(c2cccc(Br)c2)CC1.COc1cccc2c1ccc(=O)n2CCCN1CCN(c2cccc(C(F)(F)F)c2)CC1. The average Bonchev–Trinajstić information content (AvgIpc) is 0.803. The van der Waals surface area contributed by atoms with Gasteiger partial charge in [-0.1, -0.05) is 87.7 Å². The number of ether oxygens (including phenoxy) is 4. The number of aryl methyl sites for hydroxylation is 2. The van der Waals surface area contributed by atoms with Crippen LogP contribution in [0.3, 0.4) is 0 Å². The van der Waals surface area contributed by atoms with Gasteiger partial charge in [0.25, 0.3) is 11.1 Å². The number of benzene rings is 8. The summed E-state index contributed by atoms with van der Waals surface area (Å²) in [6, 6.07) is 60.5. The Morgan fingerprint density at radius 2 is 0.731 bits per heavy atom. The number of hydrogen-bond acceptors (Lipinski definition) is 16. The molecule has 0 saturated carbocycles. The van der Waals surface area contributed by atoms with Crippen molar-refractivity contribution in [1.82, 2.24) is 28.7 Å². The molecular formula is C93H108BrCl2F3N12O8. The Balaban J connectivity index is 0.000000137. The van der Waals surface area contributed by atoms with Gasteiger partial charge in [-0.2, -0.15) is 13.2 Å². The van der Waals surface area contributed by atoms with E-state index in [1.165, 1.54) is 23.5 Å². The maximum Gasteiger partial charge on any atom is 0.416 e. The minimum atomic E-state index is -4.33. The van der Waals surface area contributed by atoms with Crippen molar-refractivity contribution in [1.29, 1.82) is 0 Å². The number of aromatic nitrogens is 2. The summed E-state index contributed by atoms with van der Waals surface area (Å²) >= 11 is 15.9. The third-order valence-corrected chi connectivity index (χ3v) is 24.5. The summed E-state index contributed by atoms with van der Waals surface area (Å²) in [5.41, 5.74) is 9.77. The van der Waals surface area contributed by atoms with Gasteiger partial charge in [0.1, 0.15) is 23.0 Å². The van der Waals surface area contributed by atoms with Crippen LogP contribution < -0.4 is 59.5 Å². The minimum Gasteiger partial charge on any atom is -0.496 e. The van der Waals surface area contributed by atoms with E-state index in [1.807, 2.05) is 128 Å². The maximum atomic E-state index is 13.0. The Labute approximate surface area is 714 Å². The van der Waals surface area contributed by atoms with Gasteiger partial charge in [0, 0.05) is 204 Å². The predicted molar refractivity (Wildman–Crippen MR) is 478 cm³/mol. The van der Waals surface area contributed by atoms with Gasteiger partial charge in [-0.05, 0) is 198 Å². The lowest BCUT2D eigenvalue weighted by molar-refractivity contribution is -0.137. The zero-order valence-electron chi connectivity index (χ0n) is 68.5. The highest BCUT2D eigenvalue weighted by atomic mass is 79.9. The lowest BCUT2D eigenvalue weighted by Gasteiger charge is -2.37. The van der Waals surface area contributed by atoms with E-state index in [1.54, 1.807) is 57.3 Å². The Kier molecular flexibility index (Phi) is 30.7. The van der Waals surface area contributed by atoms with Gasteiger partial charge in [-0.15, -0.1) is 0 Å². The lowest BCUT2D eigenvalue weighted by Crippen LogP contribution is -2.47. The average molecular weight is 1730 g/mol. The number of anilines is 6. The number of para-hydroxylation sites is 1. The lowest BCUT2D eigenvalue weighted by atomic mass is 10.00. The fourth-order valence-corrected chi connectivity index (χ4v) is 17.8. The van der Waals surface area contributed by atoms with E-state index in [-0.39, 0.29) is 22.9 Å². The molecule has 0 bridgehead atoms. The number of alkyl halides is 3. The topological polar surface area (TPSA) is 147 Å².